The Morgan fingerprint density at radius 3 is 2.12 bits per heavy atom. The second kappa shape index (κ2) is 4.51. The third-order valence-electron chi connectivity index (χ3n) is 2.38. The molecule has 0 amide bonds. The molecule has 16 heavy (non-hydrogen) atoms. The molecule has 1 aliphatic carbocycles. The maximum atomic E-state index is 12.7. The lowest BCUT2D eigenvalue weighted by Gasteiger charge is -2.11. The van der Waals surface area contributed by atoms with Crippen molar-refractivity contribution >= 4 is 12.4 Å². The monoisotopic (exact) mass is 253 g/mol. The summed E-state index contributed by atoms with van der Waals surface area (Å²) < 4.78 is 43.1. The van der Waals surface area contributed by atoms with E-state index < -0.39 is 17.5 Å². The maximum Gasteiger partial charge on any atom is 0.194 e. The summed E-state index contributed by atoms with van der Waals surface area (Å²) in [5.41, 5.74) is 5.34. The molecule has 6 heteroatoms. The smallest absolute Gasteiger partial charge is 0.194 e. The number of hydrogen-bond acceptors (Lipinski definition) is 2. The van der Waals surface area contributed by atoms with Crippen LogP contribution in [-0.4, -0.2) is 12.1 Å². The Balaban J connectivity index is 0.00000128. The molecular formula is C10H11ClF3NO. The molecule has 2 nitrogen and oxygen atoms in total. The first-order valence-electron chi connectivity index (χ1n) is 4.56. The van der Waals surface area contributed by atoms with Crippen molar-refractivity contribution in [3.05, 3.63) is 29.6 Å². The zero-order valence-electron chi connectivity index (χ0n) is 8.30. The summed E-state index contributed by atoms with van der Waals surface area (Å²) in [5, 5.41) is 0. The number of nitrogens with two attached hydrogens (primary N) is 1. The van der Waals surface area contributed by atoms with Gasteiger partial charge in [0.15, 0.2) is 17.5 Å². The SMILES string of the molecule is Cl.NC1(COc2cc(F)c(F)c(F)c2)CC1. The Morgan fingerprint density at radius 1 is 1.19 bits per heavy atom. The van der Waals surface area contributed by atoms with Gasteiger partial charge < -0.3 is 10.5 Å². The Hall–Kier alpha value is -0.940. The van der Waals surface area contributed by atoms with Crippen LogP contribution in [0, 0.1) is 17.5 Å². The number of ether oxygens (including phenoxy) is 1. The minimum absolute atomic E-state index is 0. The first-order chi connectivity index (χ1) is 7.00. The number of halogens is 4. The van der Waals surface area contributed by atoms with Crippen LogP contribution in [0.4, 0.5) is 13.2 Å². The fourth-order valence-corrected chi connectivity index (χ4v) is 1.15. The molecule has 0 spiro atoms. The van der Waals surface area contributed by atoms with Crippen LogP contribution in [0.5, 0.6) is 5.75 Å². The van der Waals surface area contributed by atoms with E-state index in [9.17, 15) is 13.2 Å². The lowest BCUT2D eigenvalue weighted by Crippen LogP contribution is -2.29. The van der Waals surface area contributed by atoms with Crippen molar-refractivity contribution in [2.24, 2.45) is 5.73 Å². The second-order valence-corrected chi connectivity index (χ2v) is 3.85. The predicted molar refractivity (Wildman–Crippen MR) is 55.2 cm³/mol. The molecule has 0 saturated heterocycles. The van der Waals surface area contributed by atoms with Gasteiger partial charge in [0.05, 0.1) is 5.54 Å². The van der Waals surface area contributed by atoms with Gasteiger partial charge in [-0.1, -0.05) is 0 Å². The topological polar surface area (TPSA) is 35.2 Å². The van der Waals surface area contributed by atoms with Gasteiger partial charge in [-0.3, -0.25) is 0 Å². The first-order valence-corrected chi connectivity index (χ1v) is 4.56. The normalized spacial score (nSPS) is 16.5. The van der Waals surface area contributed by atoms with Crippen molar-refractivity contribution in [3.63, 3.8) is 0 Å². The van der Waals surface area contributed by atoms with Crippen molar-refractivity contribution in [1.82, 2.24) is 0 Å². The third kappa shape index (κ3) is 2.80. The summed E-state index contributed by atoms with van der Waals surface area (Å²) in [6.07, 6.45) is 1.66. The molecule has 1 saturated carbocycles. The molecular weight excluding hydrogens is 243 g/mol. The van der Waals surface area contributed by atoms with Gasteiger partial charge in [-0.25, -0.2) is 13.2 Å². The number of hydrogen-bond donors (Lipinski definition) is 1. The molecule has 1 aliphatic rings. The summed E-state index contributed by atoms with van der Waals surface area (Å²) in [5.74, 6) is -4.04. The Labute approximate surface area is 97.0 Å². The molecule has 2 N–H and O–H groups in total. The molecule has 0 heterocycles. The van der Waals surface area contributed by atoms with Crippen molar-refractivity contribution in [2.75, 3.05) is 6.61 Å². The summed E-state index contributed by atoms with van der Waals surface area (Å²) in [6.45, 7) is 0.192. The average molecular weight is 254 g/mol. The zero-order valence-corrected chi connectivity index (χ0v) is 9.12. The summed E-state index contributed by atoms with van der Waals surface area (Å²) in [7, 11) is 0. The largest absolute Gasteiger partial charge is 0.491 e. The van der Waals surface area contributed by atoms with E-state index in [1.807, 2.05) is 0 Å². The first kappa shape index (κ1) is 13.1. The highest BCUT2D eigenvalue weighted by molar-refractivity contribution is 5.85. The average Bonchev–Trinajstić information content (AvgIpc) is 2.90. The summed E-state index contributed by atoms with van der Waals surface area (Å²) >= 11 is 0. The zero-order chi connectivity index (χ0) is 11.1. The van der Waals surface area contributed by atoms with E-state index in [0.29, 0.717) is 0 Å². The molecule has 0 radical (unpaired) electrons. The third-order valence-corrected chi connectivity index (χ3v) is 2.38. The van der Waals surface area contributed by atoms with E-state index in [0.717, 1.165) is 25.0 Å². The molecule has 1 aromatic carbocycles. The minimum Gasteiger partial charge on any atom is -0.491 e. The summed E-state index contributed by atoms with van der Waals surface area (Å²) in [6, 6.07) is 1.62. The molecule has 2 rings (SSSR count). The van der Waals surface area contributed by atoms with Gasteiger partial charge >= 0.3 is 0 Å². The van der Waals surface area contributed by atoms with E-state index in [-0.39, 0.29) is 30.3 Å². The van der Waals surface area contributed by atoms with Crippen molar-refractivity contribution < 1.29 is 17.9 Å². The van der Waals surface area contributed by atoms with Gasteiger partial charge in [0.1, 0.15) is 12.4 Å². The second-order valence-electron chi connectivity index (χ2n) is 3.85. The molecule has 0 aliphatic heterocycles. The van der Waals surface area contributed by atoms with Crippen LogP contribution >= 0.6 is 12.4 Å². The lowest BCUT2D eigenvalue weighted by molar-refractivity contribution is 0.275. The van der Waals surface area contributed by atoms with E-state index in [1.165, 1.54) is 0 Å². The maximum absolute atomic E-state index is 12.7. The highest BCUT2D eigenvalue weighted by Crippen LogP contribution is 2.33. The fraction of sp³-hybridized carbons (Fsp3) is 0.400. The van der Waals surface area contributed by atoms with Crippen molar-refractivity contribution in [2.45, 2.75) is 18.4 Å². The van der Waals surface area contributed by atoms with Gasteiger partial charge in [0.2, 0.25) is 0 Å². The van der Waals surface area contributed by atoms with Crippen LogP contribution in [0.1, 0.15) is 12.8 Å². The van der Waals surface area contributed by atoms with Gasteiger partial charge in [0.25, 0.3) is 0 Å². The van der Waals surface area contributed by atoms with E-state index in [2.05, 4.69) is 0 Å². The highest BCUT2D eigenvalue weighted by Gasteiger charge is 2.39. The van der Waals surface area contributed by atoms with Gasteiger partial charge in [0, 0.05) is 12.1 Å². The van der Waals surface area contributed by atoms with Crippen LogP contribution in [0.3, 0.4) is 0 Å². The van der Waals surface area contributed by atoms with Crippen LogP contribution in [-0.2, 0) is 0 Å². The Bertz CT molecular complexity index is 373. The highest BCUT2D eigenvalue weighted by atomic mass is 35.5. The molecule has 0 aromatic heterocycles. The van der Waals surface area contributed by atoms with Crippen LogP contribution in [0.15, 0.2) is 12.1 Å². The van der Waals surface area contributed by atoms with Crippen LogP contribution < -0.4 is 10.5 Å². The number of rotatable bonds is 3. The van der Waals surface area contributed by atoms with Gasteiger partial charge in [-0.2, -0.15) is 0 Å². The number of benzene rings is 1. The van der Waals surface area contributed by atoms with Gasteiger partial charge in [-0.15, -0.1) is 12.4 Å². The van der Waals surface area contributed by atoms with E-state index >= 15 is 0 Å². The Kier molecular flexibility index (Phi) is 3.70. The van der Waals surface area contributed by atoms with E-state index in [1.54, 1.807) is 0 Å². The molecule has 0 atom stereocenters. The standard InChI is InChI=1S/C10H10F3NO.ClH/c11-7-3-6(4-8(12)9(7)13)15-5-10(14)1-2-10;/h3-4H,1-2,5,14H2;1H. The Morgan fingerprint density at radius 2 is 1.69 bits per heavy atom. The lowest BCUT2D eigenvalue weighted by atomic mass is 10.3. The van der Waals surface area contributed by atoms with Crippen LogP contribution in [0.2, 0.25) is 0 Å². The fourth-order valence-electron chi connectivity index (χ4n) is 1.15. The molecule has 1 fully saturated rings. The predicted octanol–water partition coefficient (Wildman–Crippen LogP) is 2.40. The minimum atomic E-state index is -1.49. The quantitative estimate of drug-likeness (QED) is 0.840. The van der Waals surface area contributed by atoms with Crippen LogP contribution in [0.25, 0.3) is 0 Å². The van der Waals surface area contributed by atoms with E-state index in [4.69, 9.17) is 10.5 Å². The molecule has 1 aromatic rings. The van der Waals surface area contributed by atoms with Crippen molar-refractivity contribution in [1.29, 1.82) is 0 Å². The molecule has 0 unspecified atom stereocenters. The van der Waals surface area contributed by atoms with Crippen molar-refractivity contribution in [3.8, 4) is 5.75 Å². The van der Waals surface area contributed by atoms with Gasteiger partial charge in [-0.05, 0) is 12.8 Å². The summed E-state index contributed by atoms with van der Waals surface area (Å²) in [4.78, 5) is 0. The molecule has 0 bridgehead atoms. The molecule has 90 valence electrons.